The van der Waals surface area contributed by atoms with Crippen LogP contribution in [0.15, 0.2) is 22.5 Å². The van der Waals surface area contributed by atoms with Crippen LogP contribution in [0.4, 0.5) is 4.79 Å². The molecule has 2 N–H and O–H groups in total. The van der Waals surface area contributed by atoms with Crippen molar-refractivity contribution >= 4 is 23.4 Å². The first-order valence-electron chi connectivity index (χ1n) is 8.21. The summed E-state index contributed by atoms with van der Waals surface area (Å²) >= 11 is 1.72. The summed E-state index contributed by atoms with van der Waals surface area (Å²) in [4.78, 5) is 19.4. The summed E-state index contributed by atoms with van der Waals surface area (Å²) in [6, 6.07) is 4.47. The molecule has 1 saturated heterocycles. The minimum absolute atomic E-state index is 0.204. The Bertz CT molecular complexity index is 496. The molecule has 1 aliphatic rings. The predicted octanol–water partition coefficient (Wildman–Crippen LogP) is 2.42. The zero-order valence-electron chi connectivity index (χ0n) is 13.9. The summed E-state index contributed by atoms with van der Waals surface area (Å²) in [6.45, 7) is 7.29. The lowest BCUT2D eigenvalue weighted by Crippen LogP contribution is -2.49. The lowest BCUT2D eigenvalue weighted by molar-refractivity contribution is 0.0963. The second kappa shape index (κ2) is 9.39. The van der Waals surface area contributed by atoms with E-state index in [0.717, 1.165) is 38.4 Å². The zero-order valence-corrected chi connectivity index (χ0v) is 14.7. The highest BCUT2D eigenvalue weighted by Gasteiger charge is 2.23. The highest BCUT2D eigenvalue weighted by atomic mass is 32.1. The third kappa shape index (κ3) is 5.74. The molecule has 23 heavy (non-hydrogen) atoms. The number of piperidine rings is 1. The number of carbonyl (C=O) groups excluding carboxylic acids is 1. The summed E-state index contributed by atoms with van der Waals surface area (Å²) in [5, 5.41) is 8.83. The number of aliphatic imine (C=N–C) groups is 1. The van der Waals surface area contributed by atoms with E-state index in [-0.39, 0.29) is 6.09 Å². The van der Waals surface area contributed by atoms with E-state index in [4.69, 9.17) is 4.74 Å². The minimum atomic E-state index is -0.204. The van der Waals surface area contributed by atoms with Crippen LogP contribution in [0.2, 0.25) is 0 Å². The minimum Gasteiger partial charge on any atom is -0.450 e. The highest BCUT2D eigenvalue weighted by Crippen LogP contribution is 2.12. The van der Waals surface area contributed by atoms with Crippen molar-refractivity contribution in [1.29, 1.82) is 0 Å². The van der Waals surface area contributed by atoms with Gasteiger partial charge in [-0.2, -0.15) is 0 Å². The van der Waals surface area contributed by atoms with Crippen molar-refractivity contribution in [2.75, 3.05) is 26.2 Å². The molecule has 1 amide bonds. The quantitative estimate of drug-likeness (QED) is 0.639. The normalized spacial score (nSPS) is 16.3. The molecule has 1 fully saturated rings. The Morgan fingerprint density at radius 2 is 2.22 bits per heavy atom. The molecular weight excluding hydrogens is 312 g/mol. The average molecular weight is 338 g/mol. The molecule has 0 saturated carbocycles. The van der Waals surface area contributed by atoms with E-state index < -0.39 is 0 Å². The third-order valence-corrected chi connectivity index (χ3v) is 4.54. The SMILES string of the molecule is CCNC(=NCc1cccs1)NC1CCN(C(=O)OCC)CC1. The Kier molecular flexibility index (Phi) is 7.19. The number of rotatable bonds is 5. The molecule has 1 aromatic heterocycles. The summed E-state index contributed by atoms with van der Waals surface area (Å²) in [5.41, 5.74) is 0. The molecular formula is C16H26N4O2S. The molecule has 1 aliphatic heterocycles. The van der Waals surface area contributed by atoms with Crippen molar-refractivity contribution in [2.24, 2.45) is 4.99 Å². The van der Waals surface area contributed by atoms with E-state index in [1.807, 2.05) is 13.0 Å². The van der Waals surface area contributed by atoms with Gasteiger partial charge in [0.1, 0.15) is 0 Å². The van der Waals surface area contributed by atoms with Crippen molar-refractivity contribution in [3.05, 3.63) is 22.4 Å². The van der Waals surface area contributed by atoms with Gasteiger partial charge in [-0.1, -0.05) is 6.07 Å². The fourth-order valence-corrected chi connectivity index (χ4v) is 3.12. The predicted molar refractivity (Wildman–Crippen MR) is 93.9 cm³/mol. The standard InChI is InChI=1S/C16H26N4O2S/c1-3-17-15(18-12-14-6-5-11-23-14)19-13-7-9-20(10-8-13)16(21)22-4-2/h5-6,11,13H,3-4,7-10,12H2,1-2H3,(H2,17,18,19). The third-order valence-electron chi connectivity index (χ3n) is 3.68. The molecule has 6 nitrogen and oxygen atoms in total. The van der Waals surface area contributed by atoms with Gasteiger partial charge in [-0.15, -0.1) is 11.3 Å². The van der Waals surface area contributed by atoms with Crippen molar-refractivity contribution in [3.63, 3.8) is 0 Å². The zero-order chi connectivity index (χ0) is 16.5. The molecule has 0 unspecified atom stereocenters. The van der Waals surface area contributed by atoms with Crippen LogP contribution in [0.5, 0.6) is 0 Å². The van der Waals surface area contributed by atoms with Crippen LogP contribution < -0.4 is 10.6 Å². The van der Waals surface area contributed by atoms with Crippen LogP contribution in [-0.4, -0.2) is 49.2 Å². The molecule has 0 atom stereocenters. The van der Waals surface area contributed by atoms with Crippen LogP contribution in [0.1, 0.15) is 31.6 Å². The van der Waals surface area contributed by atoms with Gasteiger partial charge in [0.05, 0.1) is 13.2 Å². The van der Waals surface area contributed by atoms with Gasteiger partial charge < -0.3 is 20.3 Å². The molecule has 0 radical (unpaired) electrons. The van der Waals surface area contributed by atoms with Crippen molar-refractivity contribution in [3.8, 4) is 0 Å². The number of carbonyl (C=O) groups is 1. The largest absolute Gasteiger partial charge is 0.450 e. The number of hydrogen-bond donors (Lipinski definition) is 2. The number of thiophene rings is 1. The average Bonchev–Trinajstić information content (AvgIpc) is 3.07. The number of ether oxygens (including phenoxy) is 1. The molecule has 7 heteroatoms. The number of guanidine groups is 1. The first-order valence-corrected chi connectivity index (χ1v) is 9.09. The second-order valence-electron chi connectivity index (χ2n) is 5.38. The van der Waals surface area contributed by atoms with E-state index in [9.17, 15) is 4.79 Å². The smallest absolute Gasteiger partial charge is 0.409 e. The Labute approximate surface area is 141 Å². The number of nitrogens with one attached hydrogen (secondary N) is 2. The summed E-state index contributed by atoms with van der Waals surface area (Å²) < 4.78 is 5.05. The topological polar surface area (TPSA) is 66.0 Å². The highest BCUT2D eigenvalue weighted by molar-refractivity contribution is 7.09. The van der Waals surface area contributed by atoms with Crippen molar-refractivity contribution in [1.82, 2.24) is 15.5 Å². The summed E-state index contributed by atoms with van der Waals surface area (Å²) in [7, 11) is 0. The maximum atomic E-state index is 11.7. The number of likely N-dealkylation sites (tertiary alicyclic amines) is 1. The molecule has 2 heterocycles. The monoisotopic (exact) mass is 338 g/mol. The summed E-state index contributed by atoms with van der Waals surface area (Å²) in [6.07, 6.45) is 1.61. The van der Waals surface area contributed by atoms with Crippen LogP contribution in [0.3, 0.4) is 0 Å². The van der Waals surface area contributed by atoms with Crippen molar-refractivity contribution < 1.29 is 9.53 Å². The number of hydrogen-bond acceptors (Lipinski definition) is 4. The maximum Gasteiger partial charge on any atom is 0.409 e. The van der Waals surface area contributed by atoms with Gasteiger partial charge in [-0.3, -0.25) is 0 Å². The number of amides is 1. The van der Waals surface area contributed by atoms with Crippen LogP contribution in [-0.2, 0) is 11.3 Å². The molecule has 1 aromatic rings. The Balaban J connectivity index is 1.82. The summed E-state index contributed by atoms with van der Waals surface area (Å²) in [5.74, 6) is 0.843. The molecule has 0 bridgehead atoms. The van der Waals surface area contributed by atoms with Gasteiger partial charge in [0.15, 0.2) is 5.96 Å². The van der Waals surface area contributed by atoms with E-state index in [0.29, 0.717) is 19.2 Å². The maximum absolute atomic E-state index is 11.7. The van der Waals surface area contributed by atoms with Crippen molar-refractivity contribution in [2.45, 2.75) is 39.3 Å². The first-order chi connectivity index (χ1) is 11.2. The van der Waals surface area contributed by atoms with E-state index in [2.05, 4.69) is 34.0 Å². The lowest BCUT2D eigenvalue weighted by Gasteiger charge is -2.32. The molecule has 0 spiro atoms. The fourth-order valence-electron chi connectivity index (χ4n) is 2.49. The molecule has 0 aromatic carbocycles. The molecule has 2 rings (SSSR count). The van der Waals surface area contributed by atoms with Gasteiger partial charge in [0.2, 0.25) is 0 Å². The molecule has 0 aliphatic carbocycles. The van der Waals surface area contributed by atoms with Crippen LogP contribution in [0, 0.1) is 0 Å². The van der Waals surface area contributed by atoms with Gasteiger partial charge in [-0.05, 0) is 38.1 Å². The number of nitrogens with zero attached hydrogens (tertiary/aromatic N) is 2. The Morgan fingerprint density at radius 1 is 1.43 bits per heavy atom. The van der Waals surface area contributed by atoms with Gasteiger partial charge in [0.25, 0.3) is 0 Å². The van der Waals surface area contributed by atoms with Crippen LogP contribution >= 0.6 is 11.3 Å². The Hall–Kier alpha value is -1.76. The lowest BCUT2D eigenvalue weighted by atomic mass is 10.1. The Morgan fingerprint density at radius 3 is 2.83 bits per heavy atom. The second-order valence-corrected chi connectivity index (χ2v) is 6.41. The van der Waals surface area contributed by atoms with Gasteiger partial charge in [-0.25, -0.2) is 9.79 Å². The first kappa shape index (κ1) is 17.6. The molecule has 128 valence electrons. The van der Waals surface area contributed by atoms with E-state index in [1.54, 1.807) is 16.2 Å². The van der Waals surface area contributed by atoms with E-state index >= 15 is 0 Å². The fraction of sp³-hybridized carbons (Fsp3) is 0.625. The van der Waals surface area contributed by atoms with Gasteiger partial charge >= 0.3 is 6.09 Å². The van der Waals surface area contributed by atoms with Gasteiger partial charge in [0, 0.05) is 30.6 Å². The van der Waals surface area contributed by atoms with Crippen LogP contribution in [0.25, 0.3) is 0 Å². The van der Waals surface area contributed by atoms with E-state index in [1.165, 1.54) is 4.88 Å².